The number of carbonyl (C=O) groups is 1. The van der Waals surface area contributed by atoms with Gasteiger partial charge in [-0.25, -0.2) is 14.8 Å². The molecule has 20 heavy (non-hydrogen) atoms. The Kier molecular flexibility index (Phi) is 3.30. The van der Waals surface area contributed by atoms with E-state index in [1.807, 2.05) is 0 Å². The minimum Gasteiger partial charge on any atom is -0.478 e. The SMILES string of the molecule is O=C(O)c1cccc2nc(Sc3cnccn3)ccc12. The zero-order valence-corrected chi connectivity index (χ0v) is 11.0. The maximum absolute atomic E-state index is 11.1. The summed E-state index contributed by atoms with van der Waals surface area (Å²) in [6.07, 6.45) is 4.88. The van der Waals surface area contributed by atoms with Gasteiger partial charge in [-0.2, -0.15) is 0 Å². The molecule has 2 aromatic heterocycles. The van der Waals surface area contributed by atoms with Gasteiger partial charge in [-0.15, -0.1) is 0 Å². The van der Waals surface area contributed by atoms with Gasteiger partial charge >= 0.3 is 5.97 Å². The molecule has 0 saturated carbocycles. The molecule has 2 heterocycles. The molecule has 0 aliphatic heterocycles. The van der Waals surface area contributed by atoms with Crippen LogP contribution in [0.1, 0.15) is 10.4 Å². The fraction of sp³-hybridized carbons (Fsp3) is 0. The van der Waals surface area contributed by atoms with E-state index in [0.29, 0.717) is 10.9 Å². The maximum atomic E-state index is 11.1. The Morgan fingerprint density at radius 1 is 1.10 bits per heavy atom. The van der Waals surface area contributed by atoms with Crippen LogP contribution in [0, 0.1) is 0 Å². The van der Waals surface area contributed by atoms with E-state index in [1.54, 1.807) is 48.9 Å². The summed E-state index contributed by atoms with van der Waals surface area (Å²) < 4.78 is 0. The van der Waals surface area contributed by atoms with Crippen LogP contribution in [0.15, 0.2) is 59.0 Å². The van der Waals surface area contributed by atoms with Crippen molar-refractivity contribution in [3.63, 3.8) is 0 Å². The van der Waals surface area contributed by atoms with Gasteiger partial charge in [-0.1, -0.05) is 6.07 Å². The fourth-order valence-corrected chi connectivity index (χ4v) is 2.55. The summed E-state index contributed by atoms with van der Waals surface area (Å²) in [6.45, 7) is 0. The Bertz CT molecular complexity index is 778. The molecule has 98 valence electrons. The van der Waals surface area contributed by atoms with E-state index in [2.05, 4.69) is 15.0 Å². The molecular weight excluding hydrogens is 274 g/mol. The summed E-state index contributed by atoms with van der Waals surface area (Å²) in [4.78, 5) is 23.7. The van der Waals surface area contributed by atoms with Crippen LogP contribution in [0.5, 0.6) is 0 Å². The molecule has 0 atom stereocenters. The first-order valence-corrected chi connectivity index (χ1v) is 6.62. The van der Waals surface area contributed by atoms with Crippen molar-refractivity contribution in [1.82, 2.24) is 15.0 Å². The highest BCUT2D eigenvalue weighted by molar-refractivity contribution is 7.99. The smallest absolute Gasteiger partial charge is 0.336 e. The van der Waals surface area contributed by atoms with E-state index >= 15 is 0 Å². The first kappa shape index (κ1) is 12.6. The molecule has 0 radical (unpaired) electrons. The number of aromatic nitrogens is 3. The average molecular weight is 283 g/mol. The third-order valence-electron chi connectivity index (χ3n) is 2.69. The zero-order chi connectivity index (χ0) is 13.9. The van der Waals surface area contributed by atoms with E-state index < -0.39 is 5.97 Å². The number of carboxylic acids is 1. The minimum atomic E-state index is -0.952. The van der Waals surface area contributed by atoms with Gasteiger partial charge < -0.3 is 5.11 Å². The summed E-state index contributed by atoms with van der Waals surface area (Å²) in [5.74, 6) is -0.952. The first-order chi connectivity index (χ1) is 9.74. The molecule has 0 aliphatic rings. The van der Waals surface area contributed by atoms with E-state index in [-0.39, 0.29) is 5.56 Å². The topological polar surface area (TPSA) is 76.0 Å². The van der Waals surface area contributed by atoms with Crippen LogP contribution >= 0.6 is 11.8 Å². The van der Waals surface area contributed by atoms with Crippen LogP contribution in [-0.4, -0.2) is 26.0 Å². The van der Waals surface area contributed by atoms with Crippen LogP contribution in [0.3, 0.4) is 0 Å². The molecule has 6 heteroatoms. The monoisotopic (exact) mass is 283 g/mol. The van der Waals surface area contributed by atoms with Crippen molar-refractivity contribution in [2.45, 2.75) is 10.1 Å². The molecule has 0 amide bonds. The van der Waals surface area contributed by atoms with Gasteiger partial charge in [0.05, 0.1) is 17.3 Å². The van der Waals surface area contributed by atoms with Crippen molar-refractivity contribution < 1.29 is 9.90 Å². The summed E-state index contributed by atoms with van der Waals surface area (Å²) in [6, 6.07) is 8.61. The highest BCUT2D eigenvalue weighted by Gasteiger charge is 2.09. The van der Waals surface area contributed by atoms with Gasteiger partial charge in [0.2, 0.25) is 0 Å². The van der Waals surface area contributed by atoms with Crippen molar-refractivity contribution in [3.05, 3.63) is 54.5 Å². The quantitative estimate of drug-likeness (QED) is 0.796. The average Bonchev–Trinajstić information content (AvgIpc) is 2.47. The molecule has 5 nitrogen and oxygen atoms in total. The summed E-state index contributed by atoms with van der Waals surface area (Å²) in [7, 11) is 0. The molecule has 0 fully saturated rings. The molecule has 1 N–H and O–H groups in total. The second-order valence-corrected chi connectivity index (χ2v) is 5.01. The molecule has 0 bridgehead atoms. The lowest BCUT2D eigenvalue weighted by Gasteiger charge is -2.04. The largest absolute Gasteiger partial charge is 0.478 e. The maximum Gasteiger partial charge on any atom is 0.336 e. The summed E-state index contributed by atoms with van der Waals surface area (Å²) in [5.41, 5.74) is 0.907. The Morgan fingerprint density at radius 2 is 2.00 bits per heavy atom. The highest BCUT2D eigenvalue weighted by Crippen LogP contribution is 2.26. The number of fused-ring (bicyclic) bond motifs is 1. The lowest BCUT2D eigenvalue weighted by molar-refractivity contribution is 0.0699. The zero-order valence-electron chi connectivity index (χ0n) is 10.2. The lowest BCUT2D eigenvalue weighted by atomic mass is 10.1. The van der Waals surface area contributed by atoms with Crippen molar-refractivity contribution in [2.75, 3.05) is 0 Å². The molecule has 1 aromatic carbocycles. The van der Waals surface area contributed by atoms with Gasteiger partial charge in [0.1, 0.15) is 10.1 Å². The van der Waals surface area contributed by atoms with Gasteiger partial charge in [0.15, 0.2) is 0 Å². The van der Waals surface area contributed by atoms with Gasteiger partial charge in [-0.05, 0) is 36.0 Å². The van der Waals surface area contributed by atoms with Gasteiger partial charge in [-0.3, -0.25) is 4.98 Å². The van der Waals surface area contributed by atoms with Crippen molar-refractivity contribution in [1.29, 1.82) is 0 Å². The first-order valence-electron chi connectivity index (χ1n) is 5.81. The normalized spacial score (nSPS) is 10.6. The summed E-state index contributed by atoms with van der Waals surface area (Å²) >= 11 is 1.38. The van der Waals surface area contributed by atoms with Crippen LogP contribution in [0.4, 0.5) is 0 Å². The van der Waals surface area contributed by atoms with E-state index in [4.69, 9.17) is 5.11 Å². The third-order valence-corrected chi connectivity index (χ3v) is 3.54. The highest BCUT2D eigenvalue weighted by atomic mass is 32.2. The number of pyridine rings is 1. The van der Waals surface area contributed by atoms with Crippen molar-refractivity contribution in [2.24, 2.45) is 0 Å². The van der Waals surface area contributed by atoms with E-state index in [0.717, 1.165) is 10.1 Å². The number of hydrogen-bond acceptors (Lipinski definition) is 5. The Balaban J connectivity index is 2.01. The Hall–Kier alpha value is -2.47. The third kappa shape index (κ3) is 2.46. The standard InChI is InChI=1S/C14H9N3O2S/c18-14(19)10-2-1-3-11-9(10)4-5-12(17-11)20-13-8-15-6-7-16-13/h1-8H,(H,18,19). The number of nitrogens with zero attached hydrogens (tertiary/aromatic N) is 3. The molecule has 3 aromatic rings. The number of rotatable bonds is 3. The molecule has 0 spiro atoms. The lowest BCUT2D eigenvalue weighted by Crippen LogP contribution is -1.98. The fourth-order valence-electron chi connectivity index (χ4n) is 1.82. The van der Waals surface area contributed by atoms with Gasteiger partial charge in [0, 0.05) is 17.8 Å². The molecule has 3 rings (SSSR count). The van der Waals surface area contributed by atoms with Crippen molar-refractivity contribution >= 4 is 28.6 Å². The second-order valence-electron chi connectivity index (χ2n) is 3.97. The van der Waals surface area contributed by atoms with Crippen LogP contribution in [0.25, 0.3) is 10.9 Å². The van der Waals surface area contributed by atoms with Crippen molar-refractivity contribution in [3.8, 4) is 0 Å². The number of aromatic carboxylic acids is 1. The minimum absolute atomic E-state index is 0.256. The Labute approximate surface area is 118 Å². The second kappa shape index (κ2) is 5.26. The van der Waals surface area contributed by atoms with Crippen LogP contribution in [-0.2, 0) is 0 Å². The van der Waals surface area contributed by atoms with Gasteiger partial charge in [0.25, 0.3) is 0 Å². The Morgan fingerprint density at radius 3 is 2.75 bits per heavy atom. The molecule has 0 saturated heterocycles. The number of benzene rings is 1. The van der Waals surface area contributed by atoms with E-state index in [1.165, 1.54) is 11.8 Å². The van der Waals surface area contributed by atoms with Crippen LogP contribution < -0.4 is 0 Å². The predicted octanol–water partition coefficient (Wildman–Crippen LogP) is 2.87. The van der Waals surface area contributed by atoms with E-state index in [9.17, 15) is 4.79 Å². The molecule has 0 unspecified atom stereocenters. The number of carboxylic acid groups (broad SMARTS) is 1. The molecular formula is C14H9N3O2S. The summed E-state index contributed by atoms with van der Waals surface area (Å²) in [5, 5.41) is 11.3. The molecule has 0 aliphatic carbocycles. The predicted molar refractivity (Wildman–Crippen MR) is 74.9 cm³/mol. The van der Waals surface area contributed by atoms with Crippen LogP contribution in [0.2, 0.25) is 0 Å². The number of hydrogen-bond donors (Lipinski definition) is 1.